The zero-order valence-electron chi connectivity index (χ0n) is 8.32. The van der Waals surface area contributed by atoms with Crippen molar-refractivity contribution in [1.82, 2.24) is 0 Å². The van der Waals surface area contributed by atoms with Crippen LogP contribution in [0.1, 0.15) is 32.1 Å². The van der Waals surface area contributed by atoms with Crippen molar-refractivity contribution in [3.63, 3.8) is 0 Å². The Morgan fingerprint density at radius 1 is 1.36 bits per heavy atom. The van der Waals surface area contributed by atoms with Crippen molar-refractivity contribution in [1.29, 1.82) is 0 Å². The summed E-state index contributed by atoms with van der Waals surface area (Å²) in [4.78, 5) is 20.9. The monoisotopic (exact) mass is 202 g/mol. The number of hydrogen-bond donors (Lipinski definition) is 1. The van der Waals surface area contributed by atoms with E-state index < -0.39 is 12.0 Å². The molecule has 0 aromatic rings. The van der Waals surface area contributed by atoms with Gasteiger partial charge in [0.2, 0.25) is 0 Å². The highest BCUT2D eigenvalue weighted by atomic mass is 16.5. The third-order valence-corrected chi connectivity index (χ3v) is 1.93. The molecule has 5 heteroatoms. The van der Waals surface area contributed by atoms with Crippen LogP contribution in [0.25, 0.3) is 0 Å². The summed E-state index contributed by atoms with van der Waals surface area (Å²) >= 11 is 0. The maximum absolute atomic E-state index is 10.7. The summed E-state index contributed by atoms with van der Waals surface area (Å²) in [6.45, 7) is 0. The molecule has 2 N–H and O–H groups in total. The molecular formula is C9H16NO4-. The molecule has 0 saturated heterocycles. The van der Waals surface area contributed by atoms with Crippen LogP contribution >= 0.6 is 0 Å². The van der Waals surface area contributed by atoms with Gasteiger partial charge < -0.3 is 20.4 Å². The highest BCUT2D eigenvalue weighted by Crippen LogP contribution is 2.05. The zero-order chi connectivity index (χ0) is 11.0. The summed E-state index contributed by atoms with van der Waals surface area (Å²) in [5.74, 6) is -1.47. The normalized spacial score (nSPS) is 12.1. The quantitative estimate of drug-likeness (QED) is 0.430. The van der Waals surface area contributed by atoms with Gasteiger partial charge in [0.05, 0.1) is 13.1 Å². The molecule has 82 valence electrons. The standard InChI is InChI=1S/C9H17NO4/c1-14-8(11)6-4-2-3-5-7(10)9(12)13/h7H,2-6,10H2,1H3,(H,12,13)/p-1/t7-/m0/s1. The third kappa shape index (κ3) is 6.42. The van der Waals surface area contributed by atoms with E-state index in [2.05, 4.69) is 4.74 Å². The molecule has 0 heterocycles. The van der Waals surface area contributed by atoms with Crippen molar-refractivity contribution in [3.8, 4) is 0 Å². The Hall–Kier alpha value is -1.10. The van der Waals surface area contributed by atoms with Gasteiger partial charge in [0.15, 0.2) is 0 Å². The average Bonchev–Trinajstić information content (AvgIpc) is 2.16. The number of carbonyl (C=O) groups excluding carboxylic acids is 2. The van der Waals surface area contributed by atoms with Crippen LogP contribution in [-0.2, 0) is 14.3 Å². The van der Waals surface area contributed by atoms with E-state index in [9.17, 15) is 14.7 Å². The topological polar surface area (TPSA) is 92.5 Å². The van der Waals surface area contributed by atoms with Gasteiger partial charge in [-0.1, -0.05) is 12.8 Å². The van der Waals surface area contributed by atoms with Gasteiger partial charge in [-0.15, -0.1) is 0 Å². The molecule has 0 aromatic heterocycles. The van der Waals surface area contributed by atoms with Crippen LogP contribution in [-0.4, -0.2) is 25.1 Å². The van der Waals surface area contributed by atoms with Crippen molar-refractivity contribution in [2.75, 3.05) is 7.11 Å². The Labute approximate surface area is 83.2 Å². The van der Waals surface area contributed by atoms with Crippen molar-refractivity contribution >= 4 is 11.9 Å². The predicted octanol–water partition coefficient (Wildman–Crippen LogP) is -0.813. The molecule has 0 aliphatic heterocycles. The van der Waals surface area contributed by atoms with E-state index in [0.29, 0.717) is 25.7 Å². The summed E-state index contributed by atoms with van der Waals surface area (Å²) in [7, 11) is 1.34. The van der Waals surface area contributed by atoms with Gasteiger partial charge in [0.25, 0.3) is 0 Å². The van der Waals surface area contributed by atoms with E-state index in [1.807, 2.05) is 0 Å². The van der Waals surface area contributed by atoms with Crippen LogP contribution in [0.4, 0.5) is 0 Å². The second-order valence-corrected chi connectivity index (χ2v) is 3.10. The lowest BCUT2D eigenvalue weighted by atomic mass is 10.1. The molecule has 0 saturated carbocycles. The minimum absolute atomic E-state index is 0.241. The number of carboxylic acids is 1. The maximum atomic E-state index is 10.7. The lowest BCUT2D eigenvalue weighted by Crippen LogP contribution is -2.41. The van der Waals surface area contributed by atoms with Crippen molar-refractivity contribution in [2.45, 2.75) is 38.1 Å². The largest absolute Gasteiger partial charge is 0.548 e. The van der Waals surface area contributed by atoms with Gasteiger partial charge in [0.1, 0.15) is 0 Å². The Bertz CT molecular complexity index is 193. The number of unbranched alkanes of at least 4 members (excludes halogenated alkanes) is 2. The Morgan fingerprint density at radius 3 is 2.50 bits per heavy atom. The highest BCUT2D eigenvalue weighted by Gasteiger charge is 2.03. The van der Waals surface area contributed by atoms with Gasteiger partial charge in [-0.2, -0.15) is 0 Å². The molecule has 0 aliphatic rings. The molecular weight excluding hydrogens is 186 g/mol. The molecule has 0 rings (SSSR count). The van der Waals surface area contributed by atoms with Gasteiger partial charge in [-0.3, -0.25) is 4.79 Å². The van der Waals surface area contributed by atoms with E-state index in [0.717, 1.165) is 6.42 Å². The average molecular weight is 202 g/mol. The summed E-state index contributed by atoms with van der Waals surface area (Å²) < 4.78 is 4.45. The van der Waals surface area contributed by atoms with Gasteiger partial charge in [-0.05, 0) is 12.8 Å². The summed E-state index contributed by atoms with van der Waals surface area (Å²) in [6, 6.07) is -0.895. The fourth-order valence-corrected chi connectivity index (χ4v) is 1.03. The SMILES string of the molecule is COC(=O)CCCCC[C@H](N)C(=O)[O-]. The molecule has 14 heavy (non-hydrogen) atoms. The van der Waals surface area contributed by atoms with Crippen molar-refractivity contribution in [2.24, 2.45) is 5.73 Å². The van der Waals surface area contributed by atoms with Crippen LogP contribution in [0.15, 0.2) is 0 Å². The molecule has 1 atom stereocenters. The zero-order valence-corrected chi connectivity index (χ0v) is 8.32. The molecule has 0 aliphatic carbocycles. The first-order chi connectivity index (χ1) is 6.57. The Balaban J connectivity index is 3.30. The smallest absolute Gasteiger partial charge is 0.305 e. The fraction of sp³-hybridized carbons (Fsp3) is 0.778. The second kappa shape index (κ2) is 7.32. The van der Waals surface area contributed by atoms with Crippen LogP contribution < -0.4 is 10.8 Å². The number of carbonyl (C=O) groups is 2. The molecule has 0 amide bonds. The van der Waals surface area contributed by atoms with Crippen LogP contribution in [0, 0.1) is 0 Å². The fourth-order valence-electron chi connectivity index (χ4n) is 1.03. The van der Waals surface area contributed by atoms with E-state index in [1.165, 1.54) is 7.11 Å². The number of rotatable bonds is 7. The Kier molecular flexibility index (Phi) is 6.74. The van der Waals surface area contributed by atoms with Crippen LogP contribution in [0.2, 0.25) is 0 Å². The summed E-state index contributed by atoms with van der Waals surface area (Å²) in [5, 5.41) is 10.2. The first-order valence-corrected chi connectivity index (χ1v) is 4.61. The number of aliphatic carboxylic acids is 1. The van der Waals surface area contributed by atoms with E-state index in [4.69, 9.17) is 5.73 Å². The predicted molar refractivity (Wildman–Crippen MR) is 48.1 cm³/mol. The van der Waals surface area contributed by atoms with Crippen molar-refractivity contribution in [3.05, 3.63) is 0 Å². The first kappa shape index (κ1) is 12.9. The van der Waals surface area contributed by atoms with E-state index in [1.54, 1.807) is 0 Å². The summed E-state index contributed by atoms with van der Waals surface area (Å²) in [5.41, 5.74) is 5.23. The Morgan fingerprint density at radius 2 is 2.00 bits per heavy atom. The number of carboxylic acid groups (broad SMARTS) is 1. The number of ether oxygens (including phenoxy) is 1. The number of methoxy groups -OCH3 is 1. The lowest BCUT2D eigenvalue weighted by molar-refractivity contribution is -0.307. The van der Waals surface area contributed by atoms with Crippen molar-refractivity contribution < 1.29 is 19.4 Å². The molecule has 0 spiro atoms. The van der Waals surface area contributed by atoms with E-state index in [-0.39, 0.29) is 5.97 Å². The number of hydrogen-bond acceptors (Lipinski definition) is 5. The van der Waals surface area contributed by atoms with E-state index >= 15 is 0 Å². The van der Waals surface area contributed by atoms with Crippen LogP contribution in [0.5, 0.6) is 0 Å². The van der Waals surface area contributed by atoms with Gasteiger partial charge in [0, 0.05) is 12.5 Å². The van der Waals surface area contributed by atoms with Gasteiger partial charge >= 0.3 is 5.97 Å². The van der Waals surface area contributed by atoms with Crippen LogP contribution in [0.3, 0.4) is 0 Å². The van der Waals surface area contributed by atoms with Gasteiger partial charge in [-0.25, -0.2) is 0 Å². The molecule has 0 aromatic carbocycles. The highest BCUT2D eigenvalue weighted by molar-refractivity contribution is 5.70. The summed E-state index contributed by atoms with van der Waals surface area (Å²) in [6.07, 6.45) is 2.93. The molecule has 0 bridgehead atoms. The lowest BCUT2D eigenvalue weighted by Gasteiger charge is -2.11. The maximum Gasteiger partial charge on any atom is 0.305 e. The molecule has 0 unspecified atom stereocenters. The number of nitrogens with two attached hydrogens (primary N) is 1. The third-order valence-electron chi connectivity index (χ3n) is 1.93. The molecule has 5 nitrogen and oxygen atoms in total. The number of esters is 1. The molecule has 0 fully saturated rings. The minimum Gasteiger partial charge on any atom is -0.548 e. The first-order valence-electron chi connectivity index (χ1n) is 4.61. The second-order valence-electron chi connectivity index (χ2n) is 3.10. The molecule has 0 radical (unpaired) electrons. The minimum atomic E-state index is -1.22.